The van der Waals surface area contributed by atoms with E-state index in [0.29, 0.717) is 18.5 Å². The lowest BCUT2D eigenvalue weighted by Crippen LogP contribution is -2.35. The molecular weight excluding hydrogens is 454 g/mol. The Balaban J connectivity index is 1.43. The van der Waals surface area contributed by atoms with Crippen LogP contribution in [0.25, 0.3) is 16.6 Å². The molecule has 194 valence electrons. The number of nitrogens with one attached hydrogen (secondary N) is 1. The highest BCUT2D eigenvalue weighted by atomic mass is 16.5. The summed E-state index contributed by atoms with van der Waals surface area (Å²) in [6.07, 6.45) is 6.28. The Kier molecular flexibility index (Phi) is 8.16. The van der Waals surface area contributed by atoms with Crippen LogP contribution < -0.4 is 5.32 Å². The molecular formula is C28H39N5O3. The molecule has 2 aromatic heterocycles. The van der Waals surface area contributed by atoms with Gasteiger partial charge in [-0.25, -0.2) is 9.50 Å². The third-order valence-corrected chi connectivity index (χ3v) is 7.57. The zero-order valence-corrected chi connectivity index (χ0v) is 21.5. The number of rotatable bonds is 9. The number of aliphatic hydroxyl groups excluding tert-OH is 1. The van der Waals surface area contributed by atoms with Crippen LogP contribution >= 0.6 is 0 Å². The van der Waals surface area contributed by atoms with Crippen LogP contribution in [0.4, 0.5) is 5.95 Å². The Morgan fingerprint density at radius 1 is 1.14 bits per heavy atom. The number of benzene rings is 1. The molecule has 0 spiro atoms. The summed E-state index contributed by atoms with van der Waals surface area (Å²) < 4.78 is 12.8. The SMILES string of the molecule is COCC[C@H](C)Nc1ncc2c(-c3ccc(CN4CCOCC4)cc3)cc([C@H]3CC[C@H](O)CC3)n2n1. The molecule has 0 unspecified atom stereocenters. The lowest BCUT2D eigenvalue weighted by Gasteiger charge is -2.26. The summed E-state index contributed by atoms with van der Waals surface area (Å²) in [7, 11) is 1.72. The molecule has 8 nitrogen and oxygen atoms in total. The molecule has 1 aliphatic carbocycles. The Morgan fingerprint density at radius 3 is 2.61 bits per heavy atom. The van der Waals surface area contributed by atoms with Crippen molar-refractivity contribution in [1.29, 1.82) is 0 Å². The molecule has 0 bridgehead atoms. The Hall–Kier alpha value is -2.52. The topological polar surface area (TPSA) is 84.2 Å². The van der Waals surface area contributed by atoms with Gasteiger partial charge in [0.2, 0.25) is 5.95 Å². The molecule has 1 atom stereocenters. The summed E-state index contributed by atoms with van der Waals surface area (Å²) >= 11 is 0. The van der Waals surface area contributed by atoms with Crippen molar-refractivity contribution in [2.45, 2.75) is 63.6 Å². The van der Waals surface area contributed by atoms with Gasteiger partial charge < -0.3 is 19.9 Å². The highest BCUT2D eigenvalue weighted by Gasteiger charge is 2.25. The van der Waals surface area contributed by atoms with Gasteiger partial charge in [-0.15, -0.1) is 5.10 Å². The first-order valence-electron chi connectivity index (χ1n) is 13.3. The highest BCUT2D eigenvalue weighted by molar-refractivity contribution is 5.81. The summed E-state index contributed by atoms with van der Waals surface area (Å²) in [5.41, 5.74) is 5.89. The maximum Gasteiger partial charge on any atom is 0.241 e. The number of aliphatic hydroxyl groups is 1. The maximum absolute atomic E-state index is 10.1. The predicted octanol–water partition coefficient (Wildman–Crippen LogP) is 4.08. The molecule has 3 aromatic rings. The molecule has 1 saturated heterocycles. The van der Waals surface area contributed by atoms with Crippen molar-refractivity contribution in [3.63, 3.8) is 0 Å². The van der Waals surface area contributed by atoms with Crippen LogP contribution in [0, 0.1) is 0 Å². The van der Waals surface area contributed by atoms with Crippen molar-refractivity contribution in [2.24, 2.45) is 0 Å². The molecule has 8 heteroatoms. The average Bonchev–Trinajstić information content (AvgIpc) is 3.28. The fourth-order valence-corrected chi connectivity index (χ4v) is 5.37. The molecule has 5 rings (SSSR count). The first-order chi connectivity index (χ1) is 17.6. The van der Waals surface area contributed by atoms with Gasteiger partial charge in [-0.05, 0) is 56.2 Å². The summed E-state index contributed by atoms with van der Waals surface area (Å²) in [5, 5.41) is 18.4. The second-order valence-corrected chi connectivity index (χ2v) is 10.3. The third-order valence-electron chi connectivity index (χ3n) is 7.57. The first kappa shape index (κ1) is 25.1. The van der Waals surface area contributed by atoms with Crippen molar-refractivity contribution in [2.75, 3.05) is 45.3 Å². The van der Waals surface area contributed by atoms with Gasteiger partial charge in [-0.2, -0.15) is 0 Å². The molecule has 1 saturated carbocycles. The molecule has 0 radical (unpaired) electrons. The Labute approximate surface area is 213 Å². The minimum atomic E-state index is -0.181. The van der Waals surface area contributed by atoms with E-state index in [1.54, 1.807) is 7.11 Å². The first-order valence-corrected chi connectivity index (χ1v) is 13.3. The number of hydrogen-bond donors (Lipinski definition) is 2. The van der Waals surface area contributed by atoms with Crippen molar-refractivity contribution < 1.29 is 14.6 Å². The van der Waals surface area contributed by atoms with E-state index in [0.717, 1.165) is 76.0 Å². The molecule has 1 aromatic carbocycles. The van der Waals surface area contributed by atoms with Crippen molar-refractivity contribution in [3.8, 4) is 11.1 Å². The fraction of sp³-hybridized carbons (Fsp3) is 0.571. The zero-order valence-electron chi connectivity index (χ0n) is 21.5. The number of methoxy groups -OCH3 is 1. The molecule has 2 aliphatic rings. The van der Waals surface area contributed by atoms with Crippen LogP contribution in [0.5, 0.6) is 0 Å². The summed E-state index contributed by atoms with van der Waals surface area (Å²) in [6.45, 7) is 7.38. The van der Waals surface area contributed by atoms with E-state index in [1.807, 2.05) is 6.20 Å². The lowest BCUT2D eigenvalue weighted by molar-refractivity contribution is 0.0342. The van der Waals surface area contributed by atoms with Crippen molar-refractivity contribution >= 4 is 11.5 Å². The van der Waals surface area contributed by atoms with Crippen LogP contribution in [-0.4, -0.2) is 76.8 Å². The largest absolute Gasteiger partial charge is 0.393 e. The number of morpholine rings is 1. The minimum absolute atomic E-state index is 0.181. The molecule has 2 N–H and O–H groups in total. The van der Waals surface area contributed by atoms with Crippen LogP contribution in [0.2, 0.25) is 0 Å². The van der Waals surface area contributed by atoms with Crippen molar-refractivity contribution in [3.05, 3.63) is 47.8 Å². The lowest BCUT2D eigenvalue weighted by atomic mass is 9.85. The predicted molar refractivity (Wildman–Crippen MR) is 141 cm³/mol. The van der Waals surface area contributed by atoms with Crippen molar-refractivity contribution in [1.82, 2.24) is 19.5 Å². The van der Waals surface area contributed by atoms with Gasteiger partial charge in [-0.1, -0.05) is 24.3 Å². The molecule has 3 heterocycles. The third kappa shape index (κ3) is 5.89. The monoisotopic (exact) mass is 493 g/mol. The molecule has 1 aliphatic heterocycles. The van der Waals surface area contributed by atoms with Gasteiger partial charge in [-0.3, -0.25) is 4.90 Å². The van der Waals surface area contributed by atoms with Gasteiger partial charge in [0, 0.05) is 56.6 Å². The number of hydrogen-bond acceptors (Lipinski definition) is 7. The number of anilines is 1. The second-order valence-electron chi connectivity index (χ2n) is 10.3. The average molecular weight is 494 g/mol. The van der Waals surface area contributed by atoms with E-state index in [2.05, 4.69) is 57.0 Å². The van der Waals surface area contributed by atoms with E-state index in [4.69, 9.17) is 14.6 Å². The Bertz CT molecular complexity index is 1120. The van der Waals surface area contributed by atoms with E-state index in [-0.39, 0.29) is 12.1 Å². The van der Waals surface area contributed by atoms with Crippen LogP contribution in [-0.2, 0) is 16.0 Å². The zero-order chi connectivity index (χ0) is 24.9. The van der Waals surface area contributed by atoms with Gasteiger partial charge in [0.1, 0.15) is 0 Å². The normalized spacial score (nSPS) is 22.1. The number of aromatic nitrogens is 3. The summed E-state index contributed by atoms with van der Waals surface area (Å²) in [5.74, 6) is 1.01. The van der Waals surface area contributed by atoms with Crippen LogP contribution in [0.3, 0.4) is 0 Å². The minimum Gasteiger partial charge on any atom is -0.393 e. The summed E-state index contributed by atoms with van der Waals surface area (Å²) in [6, 6.07) is 11.4. The van der Waals surface area contributed by atoms with Crippen LogP contribution in [0.15, 0.2) is 36.5 Å². The number of ether oxygens (including phenoxy) is 2. The second kappa shape index (κ2) is 11.7. The Morgan fingerprint density at radius 2 is 1.89 bits per heavy atom. The highest BCUT2D eigenvalue weighted by Crippen LogP contribution is 2.37. The smallest absolute Gasteiger partial charge is 0.241 e. The van der Waals surface area contributed by atoms with E-state index in [1.165, 1.54) is 16.8 Å². The number of nitrogens with zero attached hydrogens (tertiary/aromatic N) is 4. The van der Waals surface area contributed by atoms with Gasteiger partial charge in [0.25, 0.3) is 0 Å². The van der Waals surface area contributed by atoms with E-state index < -0.39 is 0 Å². The standard InChI is InChI=1S/C28H39N5O3/c1-20(11-14-35-2)30-28-29-18-27-25(17-26(33(27)31-28)23-7-9-24(34)10-8-23)22-5-3-21(4-6-22)19-32-12-15-36-16-13-32/h3-6,17-18,20,23-24,34H,7-16,19H2,1-2H3,(H,30,31)/t20-,23-,24-/m0/s1. The van der Waals surface area contributed by atoms with Gasteiger partial charge in [0.05, 0.1) is 31.0 Å². The van der Waals surface area contributed by atoms with Gasteiger partial charge in [0.15, 0.2) is 0 Å². The molecule has 0 amide bonds. The number of fused-ring (bicyclic) bond motifs is 1. The van der Waals surface area contributed by atoms with E-state index in [9.17, 15) is 5.11 Å². The van der Waals surface area contributed by atoms with E-state index >= 15 is 0 Å². The quantitative estimate of drug-likeness (QED) is 0.465. The fourth-order valence-electron chi connectivity index (χ4n) is 5.37. The summed E-state index contributed by atoms with van der Waals surface area (Å²) in [4.78, 5) is 7.11. The maximum atomic E-state index is 10.1. The van der Waals surface area contributed by atoms with Gasteiger partial charge >= 0.3 is 0 Å². The van der Waals surface area contributed by atoms with Crippen LogP contribution in [0.1, 0.15) is 56.2 Å². The molecule has 2 fully saturated rings. The molecule has 36 heavy (non-hydrogen) atoms.